The lowest BCUT2D eigenvalue weighted by Crippen LogP contribution is -2.06. The van der Waals surface area contributed by atoms with Crippen LogP contribution in [0.4, 0.5) is 0 Å². The molecule has 0 N–H and O–H groups in total. The normalized spacial score (nSPS) is 13.8. The van der Waals surface area contributed by atoms with E-state index in [1.807, 2.05) is 27.7 Å². The minimum atomic E-state index is -0.0208. The molecule has 0 spiro atoms. The van der Waals surface area contributed by atoms with Crippen molar-refractivity contribution in [3.8, 4) is 0 Å². The van der Waals surface area contributed by atoms with E-state index in [1.165, 1.54) is 0 Å². The van der Waals surface area contributed by atoms with E-state index in [0.29, 0.717) is 5.41 Å². The van der Waals surface area contributed by atoms with Crippen LogP contribution in [0.1, 0.15) is 55.4 Å². The van der Waals surface area contributed by atoms with Crippen LogP contribution in [0, 0.1) is 10.8 Å². The summed E-state index contributed by atoms with van der Waals surface area (Å²) in [5.74, 6) is 0. The van der Waals surface area contributed by atoms with E-state index < -0.39 is 0 Å². The Labute approximate surface area is 115 Å². The average Bonchev–Trinajstić information content (AvgIpc) is 2.16. The molecule has 18 heavy (non-hydrogen) atoms. The van der Waals surface area contributed by atoms with Crippen LogP contribution in [-0.4, -0.2) is 0 Å². The Hall–Kier alpha value is -1.04. The molecule has 0 saturated carbocycles. The van der Waals surface area contributed by atoms with Gasteiger partial charge in [0.05, 0.1) is 0 Å². The molecule has 0 aromatic heterocycles. The quantitative estimate of drug-likeness (QED) is 0.510. The average molecular weight is 248 g/mol. The highest BCUT2D eigenvalue weighted by molar-refractivity contribution is 5.28. The third-order valence-electron chi connectivity index (χ3n) is 1.82. The summed E-state index contributed by atoms with van der Waals surface area (Å²) < 4.78 is 0. The second kappa shape index (κ2) is 9.94. The summed E-state index contributed by atoms with van der Waals surface area (Å²) in [6.45, 7) is 16.9. The first-order valence-corrected chi connectivity index (χ1v) is 6.80. The minimum absolute atomic E-state index is 0.0208. The van der Waals surface area contributed by atoms with Gasteiger partial charge >= 0.3 is 0 Å². The molecule has 0 atom stereocenters. The van der Waals surface area contributed by atoms with Crippen molar-refractivity contribution < 1.29 is 0 Å². The van der Waals surface area contributed by atoms with Crippen LogP contribution in [0.15, 0.2) is 48.6 Å². The van der Waals surface area contributed by atoms with Crippen molar-refractivity contribution in [3.05, 3.63) is 48.6 Å². The molecule has 0 aromatic carbocycles. The van der Waals surface area contributed by atoms with Crippen molar-refractivity contribution in [1.29, 1.82) is 0 Å². The molecule has 0 aromatic rings. The molecule has 104 valence electrons. The van der Waals surface area contributed by atoms with Crippen LogP contribution in [0.3, 0.4) is 0 Å². The van der Waals surface area contributed by atoms with Crippen LogP contribution >= 0.6 is 0 Å². The lowest BCUT2D eigenvalue weighted by atomic mass is 9.86. The second-order valence-electron chi connectivity index (χ2n) is 6.00. The highest BCUT2D eigenvalue weighted by Gasteiger charge is 2.13. The van der Waals surface area contributed by atoms with Gasteiger partial charge in [0.15, 0.2) is 0 Å². The van der Waals surface area contributed by atoms with Gasteiger partial charge in [-0.3, -0.25) is 0 Å². The molecule has 0 amide bonds. The molecule has 0 radical (unpaired) electrons. The SMILES string of the molecule is C/C=C\C(/C=C\C)(/C=C\C)/C=C\C.CC(C)(C)C. The summed E-state index contributed by atoms with van der Waals surface area (Å²) in [5, 5.41) is 0. The van der Waals surface area contributed by atoms with E-state index in [9.17, 15) is 0 Å². The molecule has 0 rings (SSSR count). The largest absolute Gasteiger partial charge is 0.0902 e. The lowest BCUT2D eigenvalue weighted by molar-refractivity contribution is 0.469. The van der Waals surface area contributed by atoms with E-state index in [0.717, 1.165) is 0 Å². The fraction of sp³-hybridized carbons (Fsp3) is 0.556. The Morgan fingerprint density at radius 3 is 0.778 bits per heavy atom. The summed E-state index contributed by atoms with van der Waals surface area (Å²) >= 11 is 0. The minimum Gasteiger partial charge on any atom is -0.0902 e. The van der Waals surface area contributed by atoms with Crippen molar-refractivity contribution in [2.45, 2.75) is 55.4 Å². The molecule has 0 aliphatic heterocycles. The number of hydrogen-bond donors (Lipinski definition) is 0. The fourth-order valence-electron chi connectivity index (χ4n) is 1.49. The topological polar surface area (TPSA) is 0 Å². The van der Waals surface area contributed by atoms with Crippen molar-refractivity contribution in [2.24, 2.45) is 10.8 Å². The van der Waals surface area contributed by atoms with Crippen LogP contribution < -0.4 is 0 Å². The molecule has 0 fully saturated rings. The van der Waals surface area contributed by atoms with E-state index >= 15 is 0 Å². The Kier molecular flexibility index (Phi) is 10.7. The van der Waals surface area contributed by atoms with Gasteiger partial charge in [-0.25, -0.2) is 0 Å². The Morgan fingerprint density at radius 2 is 0.667 bits per heavy atom. The molecule has 0 aliphatic rings. The third kappa shape index (κ3) is 13.0. The van der Waals surface area contributed by atoms with Crippen LogP contribution in [0.25, 0.3) is 0 Å². The van der Waals surface area contributed by atoms with E-state index in [2.05, 4.69) is 76.3 Å². The van der Waals surface area contributed by atoms with Gasteiger partial charge in [0.1, 0.15) is 0 Å². The summed E-state index contributed by atoms with van der Waals surface area (Å²) in [7, 11) is 0. The molecular weight excluding hydrogens is 216 g/mol. The van der Waals surface area contributed by atoms with Gasteiger partial charge in [-0.15, -0.1) is 0 Å². The summed E-state index contributed by atoms with van der Waals surface area (Å²) in [5.41, 5.74) is 0.479. The molecular formula is C18H32. The number of hydrogen-bond acceptors (Lipinski definition) is 0. The van der Waals surface area contributed by atoms with Gasteiger partial charge in [0.2, 0.25) is 0 Å². The van der Waals surface area contributed by atoms with E-state index in [1.54, 1.807) is 0 Å². The predicted octanol–water partition coefficient (Wildman–Crippen LogP) is 6.33. The standard InChI is InChI=1S/C13H20.C5H12/c1-5-9-13(10-6-2,11-7-3)12-8-4;1-5(2,3)4/h5-12H,1-4H3;1-4H3/b9-5-,10-6-,11-7-,12-8-;. The molecule has 0 heteroatoms. The highest BCUT2D eigenvalue weighted by Crippen LogP contribution is 2.25. The maximum Gasteiger partial charge on any atom is 0.0423 e. The lowest BCUT2D eigenvalue weighted by Gasteiger charge is -2.18. The molecule has 0 saturated heterocycles. The predicted molar refractivity (Wildman–Crippen MR) is 86.8 cm³/mol. The summed E-state index contributed by atoms with van der Waals surface area (Å²) in [4.78, 5) is 0. The van der Waals surface area contributed by atoms with E-state index in [4.69, 9.17) is 0 Å². The Bertz CT molecular complexity index is 233. The monoisotopic (exact) mass is 248 g/mol. The first-order valence-electron chi connectivity index (χ1n) is 6.80. The number of allylic oxidation sites excluding steroid dienone is 8. The first-order chi connectivity index (χ1) is 8.24. The molecule has 0 unspecified atom stereocenters. The summed E-state index contributed by atoms with van der Waals surface area (Å²) in [6, 6.07) is 0. The second-order valence-corrected chi connectivity index (χ2v) is 6.00. The highest BCUT2D eigenvalue weighted by atomic mass is 14.2. The van der Waals surface area contributed by atoms with Crippen molar-refractivity contribution in [2.75, 3.05) is 0 Å². The van der Waals surface area contributed by atoms with Gasteiger partial charge in [-0.05, 0) is 33.1 Å². The van der Waals surface area contributed by atoms with Crippen molar-refractivity contribution in [1.82, 2.24) is 0 Å². The molecule has 0 heterocycles. The van der Waals surface area contributed by atoms with Crippen LogP contribution in [0.2, 0.25) is 0 Å². The fourth-order valence-corrected chi connectivity index (χ4v) is 1.49. The van der Waals surface area contributed by atoms with Crippen molar-refractivity contribution in [3.63, 3.8) is 0 Å². The Morgan fingerprint density at radius 1 is 0.500 bits per heavy atom. The zero-order valence-electron chi connectivity index (χ0n) is 13.6. The van der Waals surface area contributed by atoms with Gasteiger partial charge in [0.25, 0.3) is 0 Å². The van der Waals surface area contributed by atoms with Crippen LogP contribution in [-0.2, 0) is 0 Å². The van der Waals surface area contributed by atoms with Crippen molar-refractivity contribution >= 4 is 0 Å². The molecule has 0 nitrogen and oxygen atoms in total. The van der Waals surface area contributed by atoms with E-state index in [-0.39, 0.29) is 5.41 Å². The zero-order valence-corrected chi connectivity index (χ0v) is 13.6. The zero-order chi connectivity index (χ0) is 14.7. The first kappa shape index (κ1) is 19.3. The van der Waals surface area contributed by atoms with Gasteiger partial charge < -0.3 is 0 Å². The number of rotatable bonds is 4. The summed E-state index contributed by atoms with van der Waals surface area (Å²) in [6.07, 6.45) is 17.1. The smallest absolute Gasteiger partial charge is 0.0423 e. The third-order valence-corrected chi connectivity index (χ3v) is 1.82. The Balaban J connectivity index is 0. The molecule has 0 bridgehead atoms. The van der Waals surface area contributed by atoms with Crippen LogP contribution in [0.5, 0.6) is 0 Å². The molecule has 0 aliphatic carbocycles. The van der Waals surface area contributed by atoms with Gasteiger partial charge in [-0.2, -0.15) is 0 Å². The van der Waals surface area contributed by atoms with Gasteiger partial charge in [-0.1, -0.05) is 76.3 Å². The van der Waals surface area contributed by atoms with Gasteiger partial charge in [0, 0.05) is 5.41 Å². The maximum absolute atomic E-state index is 2.19. The maximum atomic E-state index is 2.19.